The molecular weight excluding hydrogens is 192 g/mol. The molecule has 1 aromatic heterocycles. The molecule has 1 aromatic rings. The highest BCUT2D eigenvalue weighted by Gasteiger charge is 2.01. The number of nitrogens with zero attached hydrogens (tertiary/aromatic N) is 1. The van der Waals surface area contributed by atoms with Crippen molar-refractivity contribution in [1.82, 2.24) is 10.3 Å². The van der Waals surface area contributed by atoms with Crippen molar-refractivity contribution in [2.24, 2.45) is 5.92 Å². The van der Waals surface area contributed by atoms with Crippen LogP contribution in [0, 0.1) is 12.8 Å². The first-order valence-electron chi connectivity index (χ1n) is 5.34. The molecule has 2 nitrogen and oxygen atoms in total. The van der Waals surface area contributed by atoms with Crippen LogP contribution in [0.15, 0.2) is 5.38 Å². The zero-order valence-electron chi connectivity index (χ0n) is 9.34. The fourth-order valence-electron chi connectivity index (χ4n) is 1.50. The minimum absolute atomic E-state index is 0.779. The molecule has 0 fully saturated rings. The molecule has 0 saturated heterocycles. The first-order valence-corrected chi connectivity index (χ1v) is 6.22. The lowest BCUT2D eigenvalue weighted by atomic mass is 10.1. The molecule has 1 rings (SSSR count). The summed E-state index contributed by atoms with van der Waals surface area (Å²) in [6.45, 7) is 8.60. The minimum atomic E-state index is 0.779. The second kappa shape index (κ2) is 6.14. The molecule has 0 spiro atoms. The van der Waals surface area contributed by atoms with Crippen LogP contribution >= 0.6 is 11.3 Å². The quantitative estimate of drug-likeness (QED) is 0.784. The Kier molecular flexibility index (Phi) is 5.12. The molecule has 0 aliphatic carbocycles. The van der Waals surface area contributed by atoms with Gasteiger partial charge in [0.25, 0.3) is 0 Å². The lowest BCUT2D eigenvalue weighted by Gasteiger charge is -2.09. The topological polar surface area (TPSA) is 24.9 Å². The SMILES string of the molecule is CCCC(C)CNCc1nc(C)cs1. The molecule has 14 heavy (non-hydrogen) atoms. The smallest absolute Gasteiger partial charge is 0.107 e. The Morgan fingerprint density at radius 2 is 2.36 bits per heavy atom. The number of nitrogens with one attached hydrogen (secondary N) is 1. The van der Waals surface area contributed by atoms with Gasteiger partial charge in [-0.25, -0.2) is 4.98 Å². The third kappa shape index (κ3) is 4.20. The standard InChI is InChI=1S/C11H20N2S/c1-4-5-9(2)6-12-7-11-13-10(3)8-14-11/h8-9,12H,4-7H2,1-3H3. The third-order valence-electron chi connectivity index (χ3n) is 2.22. The van der Waals surface area contributed by atoms with Gasteiger partial charge in [-0.2, -0.15) is 0 Å². The summed E-state index contributed by atoms with van der Waals surface area (Å²) >= 11 is 1.74. The summed E-state index contributed by atoms with van der Waals surface area (Å²) in [7, 11) is 0. The molecule has 1 unspecified atom stereocenters. The first-order chi connectivity index (χ1) is 6.72. The fourth-order valence-corrected chi connectivity index (χ4v) is 2.25. The van der Waals surface area contributed by atoms with Crippen LogP contribution < -0.4 is 5.32 Å². The van der Waals surface area contributed by atoms with Crippen molar-refractivity contribution in [3.63, 3.8) is 0 Å². The number of hydrogen-bond acceptors (Lipinski definition) is 3. The normalized spacial score (nSPS) is 13.1. The van der Waals surface area contributed by atoms with Crippen LogP contribution in [0.3, 0.4) is 0 Å². The molecule has 0 amide bonds. The van der Waals surface area contributed by atoms with Gasteiger partial charge in [0, 0.05) is 17.6 Å². The van der Waals surface area contributed by atoms with Crippen LogP contribution in [-0.4, -0.2) is 11.5 Å². The summed E-state index contributed by atoms with van der Waals surface area (Å²) in [5, 5.41) is 6.75. The van der Waals surface area contributed by atoms with Crippen molar-refractivity contribution in [2.45, 2.75) is 40.2 Å². The molecule has 0 aromatic carbocycles. The predicted octanol–water partition coefficient (Wildman–Crippen LogP) is 2.98. The molecule has 1 N–H and O–H groups in total. The zero-order valence-corrected chi connectivity index (χ0v) is 10.2. The zero-order chi connectivity index (χ0) is 10.4. The largest absolute Gasteiger partial charge is 0.310 e. The third-order valence-corrected chi connectivity index (χ3v) is 3.18. The average Bonchev–Trinajstić information content (AvgIpc) is 2.52. The molecule has 80 valence electrons. The lowest BCUT2D eigenvalue weighted by molar-refractivity contribution is 0.475. The minimum Gasteiger partial charge on any atom is -0.310 e. The molecule has 0 bridgehead atoms. The van der Waals surface area contributed by atoms with Crippen molar-refractivity contribution in [3.8, 4) is 0 Å². The Balaban J connectivity index is 2.15. The van der Waals surface area contributed by atoms with Crippen LogP contribution in [0.4, 0.5) is 0 Å². The van der Waals surface area contributed by atoms with E-state index in [0.717, 1.165) is 24.7 Å². The van der Waals surface area contributed by atoms with E-state index in [1.807, 2.05) is 6.92 Å². The first kappa shape index (κ1) is 11.7. The summed E-state index contributed by atoms with van der Waals surface area (Å²) in [6, 6.07) is 0. The van der Waals surface area contributed by atoms with Crippen LogP contribution in [0.5, 0.6) is 0 Å². The highest BCUT2D eigenvalue weighted by Crippen LogP contribution is 2.08. The van der Waals surface area contributed by atoms with E-state index in [0.29, 0.717) is 0 Å². The second-order valence-electron chi connectivity index (χ2n) is 3.91. The Morgan fingerprint density at radius 1 is 1.57 bits per heavy atom. The monoisotopic (exact) mass is 212 g/mol. The van der Waals surface area contributed by atoms with Crippen LogP contribution in [-0.2, 0) is 6.54 Å². The van der Waals surface area contributed by atoms with E-state index < -0.39 is 0 Å². The number of aryl methyl sites for hydroxylation is 1. The molecule has 0 radical (unpaired) electrons. The van der Waals surface area contributed by atoms with Crippen molar-refractivity contribution in [3.05, 3.63) is 16.1 Å². The van der Waals surface area contributed by atoms with Gasteiger partial charge in [0.1, 0.15) is 5.01 Å². The second-order valence-corrected chi connectivity index (χ2v) is 4.85. The molecule has 0 saturated carbocycles. The van der Waals surface area contributed by atoms with Gasteiger partial charge in [-0.1, -0.05) is 20.3 Å². The van der Waals surface area contributed by atoms with Crippen molar-refractivity contribution < 1.29 is 0 Å². The highest BCUT2D eigenvalue weighted by atomic mass is 32.1. The van der Waals surface area contributed by atoms with Crippen molar-refractivity contribution in [2.75, 3.05) is 6.54 Å². The number of rotatable bonds is 6. The molecule has 0 aliphatic heterocycles. The Morgan fingerprint density at radius 3 is 2.93 bits per heavy atom. The molecule has 3 heteroatoms. The van der Waals surface area contributed by atoms with Gasteiger partial charge in [-0.3, -0.25) is 0 Å². The summed E-state index contributed by atoms with van der Waals surface area (Å²) in [4.78, 5) is 4.41. The van der Waals surface area contributed by atoms with Gasteiger partial charge >= 0.3 is 0 Å². The van der Waals surface area contributed by atoms with Crippen LogP contribution in [0.25, 0.3) is 0 Å². The lowest BCUT2D eigenvalue weighted by Crippen LogP contribution is -2.20. The van der Waals surface area contributed by atoms with Crippen molar-refractivity contribution in [1.29, 1.82) is 0 Å². The molecule has 0 aliphatic rings. The number of aromatic nitrogens is 1. The summed E-state index contributed by atoms with van der Waals surface area (Å²) in [5.74, 6) is 0.779. The van der Waals surface area contributed by atoms with E-state index in [-0.39, 0.29) is 0 Å². The Bertz CT molecular complexity index is 258. The molecule has 1 atom stereocenters. The molecular formula is C11H20N2S. The van der Waals surface area contributed by atoms with E-state index in [1.165, 1.54) is 17.8 Å². The van der Waals surface area contributed by atoms with E-state index in [1.54, 1.807) is 11.3 Å². The van der Waals surface area contributed by atoms with Gasteiger partial charge < -0.3 is 5.32 Å². The van der Waals surface area contributed by atoms with E-state index in [2.05, 4.69) is 29.5 Å². The van der Waals surface area contributed by atoms with E-state index in [9.17, 15) is 0 Å². The van der Waals surface area contributed by atoms with Gasteiger partial charge in [-0.05, 0) is 25.8 Å². The van der Waals surface area contributed by atoms with Crippen molar-refractivity contribution >= 4 is 11.3 Å². The number of hydrogen-bond donors (Lipinski definition) is 1. The fraction of sp³-hybridized carbons (Fsp3) is 0.727. The summed E-state index contributed by atoms with van der Waals surface area (Å²) < 4.78 is 0. The van der Waals surface area contributed by atoms with Gasteiger partial charge in [0.2, 0.25) is 0 Å². The Hall–Kier alpha value is -0.410. The molecule has 1 heterocycles. The highest BCUT2D eigenvalue weighted by molar-refractivity contribution is 7.09. The maximum Gasteiger partial charge on any atom is 0.107 e. The maximum atomic E-state index is 4.41. The Labute approximate surface area is 90.8 Å². The number of thiazole rings is 1. The van der Waals surface area contributed by atoms with E-state index >= 15 is 0 Å². The maximum absolute atomic E-state index is 4.41. The van der Waals surface area contributed by atoms with E-state index in [4.69, 9.17) is 0 Å². The summed E-state index contributed by atoms with van der Waals surface area (Å²) in [6.07, 6.45) is 2.59. The summed E-state index contributed by atoms with van der Waals surface area (Å²) in [5.41, 5.74) is 1.13. The van der Waals surface area contributed by atoms with Gasteiger partial charge in [-0.15, -0.1) is 11.3 Å². The van der Waals surface area contributed by atoms with Gasteiger partial charge in [0.05, 0.1) is 0 Å². The van der Waals surface area contributed by atoms with Crippen LogP contribution in [0.2, 0.25) is 0 Å². The van der Waals surface area contributed by atoms with Gasteiger partial charge in [0.15, 0.2) is 0 Å². The average molecular weight is 212 g/mol. The van der Waals surface area contributed by atoms with Crippen LogP contribution in [0.1, 0.15) is 37.4 Å². The predicted molar refractivity (Wildman–Crippen MR) is 62.6 cm³/mol.